The third kappa shape index (κ3) is 6.98. The van der Waals surface area contributed by atoms with Crippen LogP contribution in [0.5, 0.6) is 0 Å². The van der Waals surface area contributed by atoms with Gasteiger partial charge in [-0.3, -0.25) is 14.2 Å². The molecule has 11 heteroatoms. The number of para-hydroxylation sites is 1. The van der Waals surface area contributed by atoms with Crippen LogP contribution < -0.4 is 10.6 Å². The quantitative estimate of drug-likeness (QED) is 0.218. The minimum atomic E-state index is -4.77. The largest absolute Gasteiger partial charge is 0.418 e. The second kappa shape index (κ2) is 12.7. The molecule has 38 heavy (non-hydrogen) atoms. The van der Waals surface area contributed by atoms with Crippen LogP contribution in [0.25, 0.3) is 5.31 Å². The van der Waals surface area contributed by atoms with E-state index < -0.39 is 42.5 Å². The highest BCUT2D eigenvalue weighted by molar-refractivity contribution is 7.65. The molecule has 7 nitrogen and oxygen atoms in total. The minimum absolute atomic E-state index is 0.0773. The fourth-order valence-corrected chi connectivity index (χ4v) is 5.47. The lowest BCUT2D eigenvalue weighted by Crippen LogP contribution is -2.32. The van der Waals surface area contributed by atoms with Gasteiger partial charge in [0.25, 0.3) is 11.8 Å². The number of hydrogen-bond donors (Lipinski definition) is 2. The number of rotatable bonds is 10. The Kier molecular flexibility index (Phi) is 9.63. The highest BCUT2D eigenvalue weighted by Gasteiger charge is 2.38. The fourth-order valence-electron chi connectivity index (χ4n) is 3.56. The summed E-state index contributed by atoms with van der Waals surface area (Å²) in [7, 11) is -4.28. The normalized spacial score (nSPS) is 12.4. The van der Waals surface area contributed by atoms with Gasteiger partial charge in [-0.15, -0.1) is 0 Å². The van der Waals surface area contributed by atoms with Crippen LogP contribution in [0.4, 0.5) is 18.9 Å². The summed E-state index contributed by atoms with van der Waals surface area (Å²) in [6.45, 7) is 2.98. The molecule has 0 aliphatic rings. The molecular formula is C27H26F3N2O5P. The van der Waals surface area contributed by atoms with E-state index >= 15 is 0 Å². The summed E-state index contributed by atoms with van der Waals surface area (Å²) in [6, 6.07) is 20.1. The lowest BCUT2D eigenvalue weighted by molar-refractivity contribution is -0.137. The molecule has 0 saturated carbocycles. The van der Waals surface area contributed by atoms with Crippen LogP contribution in [0, 0.1) is 0 Å². The van der Waals surface area contributed by atoms with Crippen molar-refractivity contribution < 1.29 is 36.4 Å². The molecule has 0 heterocycles. The van der Waals surface area contributed by atoms with Gasteiger partial charge in [0.1, 0.15) is 11.0 Å². The van der Waals surface area contributed by atoms with Gasteiger partial charge >= 0.3 is 13.8 Å². The molecule has 0 aliphatic heterocycles. The molecule has 2 N–H and O–H groups in total. The van der Waals surface area contributed by atoms with Crippen molar-refractivity contribution in [2.24, 2.45) is 0 Å². The maximum Gasteiger partial charge on any atom is 0.418 e. The Morgan fingerprint density at radius 1 is 0.789 bits per heavy atom. The van der Waals surface area contributed by atoms with Crippen molar-refractivity contribution in [1.29, 1.82) is 0 Å². The molecular weight excluding hydrogens is 520 g/mol. The lowest BCUT2D eigenvalue weighted by atomic mass is 10.1. The summed E-state index contributed by atoms with van der Waals surface area (Å²) < 4.78 is 65.9. The van der Waals surface area contributed by atoms with Crippen LogP contribution >= 0.6 is 7.60 Å². The van der Waals surface area contributed by atoms with E-state index in [4.69, 9.17) is 9.05 Å². The molecule has 0 spiro atoms. The zero-order valence-corrected chi connectivity index (χ0v) is 21.5. The number of amides is 2. The van der Waals surface area contributed by atoms with E-state index in [1.165, 1.54) is 36.4 Å². The first kappa shape index (κ1) is 28.8. The Labute approximate surface area is 218 Å². The van der Waals surface area contributed by atoms with Crippen molar-refractivity contribution in [1.82, 2.24) is 5.32 Å². The Morgan fingerprint density at radius 3 is 1.82 bits per heavy atom. The summed E-state index contributed by atoms with van der Waals surface area (Å²) in [5.41, 5.74) is -1.86. The van der Waals surface area contributed by atoms with Gasteiger partial charge in [-0.1, -0.05) is 60.7 Å². The Bertz CT molecular complexity index is 1340. The Hall–Kier alpha value is -3.72. The summed E-state index contributed by atoms with van der Waals surface area (Å²) in [6.07, 6.45) is -4.77. The van der Waals surface area contributed by atoms with Crippen molar-refractivity contribution in [3.8, 4) is 0 Å². The average Bonchev–Trinajstić information content (AvgIpc) is 2.89. The van der Waals surface area contributed by atoms with Gasteiger partial charge in [0.15, 0.2) is 0 Å². The number of halogens is 3. The molecule has 3 aromatic carbocycles. The molecule has 200 valence electrons. The summed E-state index contributed by atoms with van der Waals surface area (Å²) in [5.74, 6) is -1.91. The molecule has 0 fully saturated rings. The smallest absolute Gasteiger partial charge is 0.320 e. The van der Waals surface area contributed by atoms with Crippen molar-refractivity contribution in [3.05, 3.63) is 107 Å². The van der Waals surface area contributed by atoms with E-state index in [9.17, 15) is 27.3 Å². The first-order valence-corrected chi connectivity index (χ1v) is 13.2. The topological polar surface area (TPSA) is 93.7 Å². The predicted octanol–water partition coefficient (Wildman–Crippen LogP) is 6.71. The van der Waals surface area contributed by atoms with Gasteiger partial charge in [0.2, 0.25) is 0 Å². The lowest BCUT2D eigenvalue weighted by Gasteiger charge is -2.24. The van der Waals surface area contributed by atoms with E-state index in [1.54, 1.807) is 50.2 Å². The van der Waals surface area contributed by atoms with Crippen molar-refractivity contribution >= 4 is 30.4 Å². The molecule has 3 aromatic rings. The van der Waals surface area contributed by atoms with Crippen LogP contribution in [0.2, 0.25) is 0 Å². The molecule has 3 rings (SSSR count). The SMILES string of the molecule is CCOP(=O)(OCC)/C(=C(\NC(=O)c1ccccc1)C(=O)Nc1ccccc1C(F)(F)F)c1ccccc1. The zero-order valence-electron chi connectivity index (χ0n) is 20.6. The summed E-state index contributed by atoms with van der Waals surface area (Å²) in [5, 5.41) is 4.37. The highest BCUT2D eigenvalue weighted by atomic mass is 31.2. The highest BCUT2D eigenvalue weighted by Crippen LogP contribution is 2.61. The number of alkyl halides is 3. The molecule has 0 atom stereocenters. The van der Waals surface area contributed by atoms with Crippen molar-refractivity contribution in [3.63, 3.8) is 0 Å². The number of carbonyl (C=O) groups is 2. The summed E-state index contributed by atoms with van der Waals surface area (Å²) in [4.78, 5) is 26.8. The first-order chi connectivity index (χ1) is 18.1. The van der Waals surface area contributed by atoms with Crippen molar-refractivity contribution in [2.45, 2.75) is 20.0 Å². The minimum Gasteiger partial charge on any atom is -0.320 e. The van der Waals surface area contributed by atoms with Crippen LogP contribution in [-0.2, 0) is 24.6 Å². The number of anilines is 1. The predicted molar refractivity (Wildman–Crippen MR) is 138 cm³/mol. The van der Waals surface area contributed by atoms with Gasteiger partial charge < -0.3 is 19.7 Å². The third-order valence-corrected chi connectivity index (χ3v) is 7.36. The van der Waals surface area contributed by atoms with Crippen molar-refractivity contribution in [2.75, 3.05) is 18.5 Å². The van der Waals surface area contributed by atoms with Crippen LogP contribution in [0.15, 0.2) is 90.6 Å². The van der Waals surface area contributed by atoms with E-state index in [1.807, 2.05) is 0 Å². The molecule has 0 radical (unpaired) electrons. The third-order valence-electron chi connectivity index (χ3n) is 5.14. The molecule has 0 aliphatic carbocycles. The first-order valence-electron chi connectivity index (χ1n) is 11.6. The van der Waals surface area contributed by atoms with Crippen LogP contribution in [-0.4, -0.2) is 25.0 Å². The molecule has 0 aromatic heterocycles. The van der Waals surface area contributed by atoms with E-state index in [0.29, 0.717) is 0 Å². The maximum absolute atomic E-state index is 14.0. The van der Waals surface area contributed by atoms with E-state index in [-0.39, 0.29) is 29.7 Å². The second-order valence-corrected chi connectivity index (χ2v) is 9.70. The number of nitrogens with one attached hydrogen (secondary N) is 2. The summed E-state index contributed by atoms with van der Waals surface area (Å²) >= 11 is 0. The number of hydrogen-bond acceptors (Lipinski definition) is 5. The van der Waals surface area contributed by atoms with Gasteiger partial charge in [0.05, 0.1) is 24.5 Å². The number of carbonyl (C=O) groups excluding carboxylic acids is 2. The van der Waals surface area contributed by atoms with Gasteiger partial charge in [-0.25, -0.2) is 0 Å². The standard InChI is InChI=1S/C27H26F3N2O5P/c1-3-36-38(35,37-4-2)24(19-13-7-5-8-14-19)23(32-25(33)20-15-9-6-10-16-20)26(34)31-22-18-12-11-17-21(22)27(28,29)30/h5-18H,3-4H2,1-2H3,(H,31,34)(H,32,33)/b24-23-. The van der Waals surface area contributed by atoms with Crippen LogP contribution in [0.3, 0.4) is 0 Å². The van der Waals surface area contributed by atoms with Gasteiger partial charge in [-0.2, -0.15) is 13.2 Å². The fraction of sp³-hybridized carbons (Fsp3) is 0.185. The molecule has 2 amide bonds. The average molecular weight is 546 g/mol. The number of benzene rings is 3. The maximum atomic E-state index is 14.0. The molecule has 0 unspecified atom stereocenters. The Balaban J connectivity index is 2.26. The zero-order chi connectivity index (χ0) is 27.8. The second-order valence-electron chi connectivity index (χ2n) is 7.74. The van der Waals surface area contributed by atoms with E-state index in [2.05, 4.69) is 10.6 Å². The van der Waals surface area contributed by atoms with Crippen LogP contribution in [0.1, 0.15) is 35.3 Å². The molecule has 0 saturated heterocycles. The van der Waals surface area contributed by atoms with Gasteiger partial charge in [-0.05, 0) is 43.7 Å². The Morgan fingerprint density at radius 2 is 1.29 bits per heavy atom. The van der Waals surface area contributed by atoms with E-state index in [0.717, 1.165) is 12.1 Å². The van der Waals surface area contributed by atoms with Gasteiger partial charge in [0, 0.05) is 5.56 Å². The monoisotopic (exact) mass is 546 g/mol. The molecule has 0 bridgehead atoms.